The van der Waals surface area contributed by atoms with E-state index in [1.807, 2.05) is 53.6 Å². The maximum atomic E-state index is 14.0. The van der Waals surface area contributed by atoms with E-state index >= 15 is 0 Å². The minimum atomic E-state index is -1.60. The van der Waals surface area contributed by atoms with Crippen LogP contribution in [0.3, 0.4) is 0 Å². The second-order valence-corrected chi connectivity index (χ2v) is 21.9. The number of halogens is 2. The third-order valence-electron chi connectivity index (χ3n) is 12.7. The number of hydrogen-bond donors (Lipinski definition) is 3. The van der Waals surface area contributed by atoms with Gasteiger partial charge in [0.05, 0.1) is 86.1 Å². The highest BCUT2D eigenvalue weighted by Crippen LogP contribution is 2.30. The smallest absolute Gasteiger partial charge is 0.260 e. The Balaban J connectivity index is 0.000000219. The maximum absolute atomic E-state index is 14.0. The monoisotopic (exact) mass is 1020 g/mol. The van der Waals surface area contributed by atoms with E-state index in [0.717, 1.165) is 28.3 Å². The molecule has 0 aliphatic carbocycles. The van der Waals surface area contributed by atoms with Crippen LogP contribution in [0.15, 0.2) is 166 Å². The number of aromatic nitrogens is 6. The Morgan fingerprint density at radius 3 is 1.46 bits per heavy atom. The number of nitrogens with zero attached hydrogens (tertiary/aromatic N) is 8. The zero-order valence-corrected chi connectivity index (χ0v) is 43.6. The largest absolute Gasteiger partial charge is 0.495 e. The molecule has 0 amide bonds. The summed E-state index contributed by atoms with van der Waals surface area (Å²) in [6.45, 7) is 12.3. The fraction of sp³-hybridized carbons (Fsp3) is 0.236. The van der Waals surface area contributed by atoms with Crippen LogP contribution in [0.2, 0.25) is 11.6 Å². The summed E-state index contributed by atoms with van der Waals surface area (Å²) in [4.78, 5) is 35.9. The highest BCUT2D eigenvalue weighted by Gasteiger charge is 2.27. The van der Waals surface area contributed by atoms with Gasteiger partial charge in [-0.25, -0.2) is 18.7 Å². The SMILES string of the molecule is COc1cc(/C(=N/N)c2cccn(C(CO[SiH](C)C(C)(C)C)c3ccc(F)cc3)c2=O)ccc1-n1cnc(C)c1.COc1cc(/C(=N\N)c2cccn(C(CO)c3ccc(F)cc3)c2=O)ccc1-n1cnc(C)c1. The van der Waals surface area contributed by atoms with Crippen molar-refractivity contribution in [3.8, 4) is 22.9 Å². The molecule has 4 heterocycles. The van der Waals surface area contributed by atoms with Crippen LogP contribution in [-0.2, 0) is 4.43 Å². The van der Waals surface area contributed by atoms with E-state index in [-0.39, 0.29) is 40.9 Å². The van der Waals surface area contributed by atoms with Crippen LogP contribution in [0.1, 0.15) is 77.6 Å². The first kappa shape index (κ1) is 53.5. The predicted octanol–water partition coefficient (Wildman–Crippen LogP) is 7.74. The van der Waals surface area contributed by atoms with Crippen LogP contribution in [0.5, 0.6) is 11.5 Å². The highest BCUT2D eigenvalue weighted by atomic mass is 28.3. The number of aliphatic hydroxyl groups is 1. The van der Waals surface area contributed by atoms with Gasteiger partial charge in [-0.1, -0.05) is 57.2 Å². The average Bonchev–Trinajstić information content (AvgIpc) is 4.04. The molecule has 0 saturated heterocycles. The van der Waals surface area contributed by atoms with E-state index in [1.54, 1.807) is 98.4 Å². The van der Waals surface area contributed by atoms with Crippen molar-refractivity contribution in [2.75, 3.05) is 27.4 Å². The molecule has 0 fully saturated rings. The molecule has 8 rings (SSSR count). The molecule has 74 heavy (non-hydrogen) atoms. The number of pyridine rings is 2. The van der Waals surface area contributed by atoms with Crippen LogP contribution in [-0.4, -0.2) is 81.2 Å². The first-order valence-corrected chi connectivity index (χ1v) is 25.8. The number of benzene rings is 4. The van der Waals surface area contributed by atoms with Gasteiger partial charge >= 0.3 is 0 Å². The molecule has 5 N–H and O–H groups in total. The van der Waals surface area contributed by atoms with Gasteiger partial charge in [-0.05, 0) is 109 Å². The molecule has 3 unspecified atom stereocenters. The van der Waals surface area contributed by atoms with Crippen LogP contribution in [0.25, 0.3) is 11.4 Å². The van der Waals surface area contributed by atoms with Crippen LogP contribution >= 0.6 is 0 Å². The number of rotatable bonds is 16. The Hall–Kier alpha value is -8.26. The summed E-state index contributed by atoms with van der Waals surface area (Å²) in [5.74, 6) is 12.0. The summed E-state index contributed by atoms with van der Waals surface area (Å²) in [6, 6.07) is 28.3. The van der Waals surface area contributed by atoms with Gasteiger partial charge in [0, 0.05) is 35.9 Å². The summed E-state index contributed by atoms with van der Waals surface area (Å²) in [5.41, 5.74) is 6.33. The molecule has 0 spiro atoms. The van der Waals surface area contributed by atoms with Crippen molar-refractivity contribution in [3.05, 3.63) is 224 Å². The molecule has 19 heteroatoms. The molecular formula is C55H60F2N10O6Si. The Morgan fingerprint density at radius 1 is 0.676 bits per heavy atom. The van der Waals surface area contributed by atoms with E-state index in [1.165, 1.54) is 41.0 Å². The van der Waals surface area contributed by atoms with Crippen molar-refractivity contribution in [2.45, 2.75) is 58.3 Å². The average molecular weight is 1020 g/mol. The first-order valence-electron chi connectivity index (χ1n) is 23.6. The number of ether oxygens (including phenoxy) is 2. The number of imidazole rings is 2. The first-order chi connectivity index (χ1) is 35.5. The van der Waals surface area contributed by atoms with E-state index in [9.17, 15) is 23.5 Å². The second-order valence-electron chi connectivity index (χ2n) is 18.5. The van der Waals surface area contributed by atoms with Gasteiger partial charge in [0.2, 0.25) is 0 Å². The fourth-order valence-electron chi connectivity index (χ4n) is 8.20. The Labute approximate surface area is 429 Å². The lowest BCUT2D eigenvalue weighted by molar-refractivity contribution is 0.247. The van der Waals surface area contributed by atoms with Crippen molar-refractivity contribution in [1.82, 2.24) is 28.2 Å². The van der Waals surface area contributed by atoms with Crippen molar-refractivity contribution < 1.29 is 27.8 Å². The zero-order chi connectivity index (χ0) is 53.3. The molecule has 4 aromatic heterocycles. The van der Waals surface area contributed by atoms with E-state index in [0.29, 0.717) is 39.5 Å². The van der Waals surface area contributed by atoms with Gasteiger partial charge < -0.3 is 49.0 Å². The summed E-state index contributed by atoms with van der Waals surface area (Å²) >= 11 is 0. The lowest BCUT2D eigenvalue weighted by atomic mass is 10.0. The third kappa shape index (κ3) is 12.0. The van der Waals surface area contributed by atoms with Crippen LogP contribution < -0.4 is 32.3 Å². The van der Waals surface area contributed by atoms with Gasteiger partial charge in [-0.3, -0.25) is 9.59 Å². The second kappa shape index (κ2) is 23.5. The number of methoxy groups -OCH3 is 2. The minimum absolute atomic E-state index is 0.0418. The topological polar surface area (TPSA) is 204 Å². The molecule has 8 aromatic rings. The molecule has 0 aliphatic heterocycles. The molecule has 384 valence electrons. The molecule has 4 aromatic carbocycles. The summed E-state index contributed by atoms with van der Waals surface area (Å²) in [5, 5.41) is 18.0. The van der Waals surface area contributed by atoms with E-state index < -0.39 is 32.5 Å². The van der Waals surface area contributed by atoms with E-state index in [2.05, 4.69) is 47.5 Å². The number of aryl methyl sites for hydroxylation is 2. The Kier molecular flexibility index (Phi) is 17.0. The summed E-state index contributed by atoms with van der Waals surface area (Å²) in [7, 11) is 1.53. The van der Waals surface area contributed by atoms with Gasteiger partial charge in [0.1, 0.15) is 34.6 Å². The Morgan fingerprint density at radius 2 is 1.09 bits per heavy atom. The summed E-state index contributed by atoms with van der Waals surface area (Å²) < 4.78 is 51.4. The number of aliphatic hydroxyl groups excluding tert-OH is 1. The quantitative estimate of drug-likeness (QED) is 0.0372. The molecule has 0 aliphatic rings. The molecule has 16 nitrogen and oxygen atoms in total. The van der Waals surface area contributed by atoms with Crippen molar-refractivity contribution >= 4 is 20.5 Å². The number of nitrogens with two attached hydrogens (primary N) is 2. The molecule has 3 atom stereocenters. The molecular weight excluding hydrogens is 963 g/mol. The van der Waals surface area contributed by atoms with Crippen molar-refractivity contribution in [2.24, 2.45) is 21.9 Å². The van der Waals surface area contributed by atoms with Crippen molar-refractivity contribution in [1.29, 1.82) is 0 Å². The van der Waals surface area contributed by atoms with Crippen LogP contribution in [0, 0.1) is 25.5 Å². The zero-order valence-electron chi connectivity index (χ0n) is 42.5. The number of hydrogen-bond acceptors (Lipinski definition) is 12. The third-order valence-corrected chi connectivity index (χ3v) is 15.8. The summed E-state index contributed by atoms with van der Waals surface area (Å²) in [6.07, 6.45) is 10.4. The lowest BCUT2D eigenvalue weighted by Gasteiger charge is -2.29. The van der Waals surface area contributed by atoms with Crippen LogP contribution in [0.4, 0.5) is 8.78 Å². The molecule has 0 radical (unpaired) electrons. The van der Waals surface area contributed by atoms with Gasteiger partial charge in [0.25, 0.3) is 11.1 Å². The Bertz CT molecular complexity index is 3400. The lowest BCUT2D eigenvalue weighted by Crippen LogP contribution is -2.35. The van der Waals surface area contributed by atoms with Gasteiger partial charge in [-0.15, -0.1) is 0 Å². The highest BCUT2D eigenvalue weighted by molar-refractivity contribution is 6.53. The maximum Gasteiger partial charge on any atom is 0.260 e. The predicted molar refractivity (Wildman–Crippen MR) is 286 cm³/mol. The fourth-order valence-corrected chi connectivity index (χ4v) is 9.17. The van der Waals surface area contributed by atoms with Gasteiger partial charge in [-0.2, -0.15) is 10.2 Å². The van der Waals surface area contributed by atoms with Gasteiger partial charge in [0.15, 0.2) is 9.04 Å². The van der Waals surface area contributed by atoms with Crippen molar-refractivity contribution in [3.63, 3.8) is 0 Å². The molecule has 0 saturated carbocycles. The standard InChI is InChI=1S/C30H36FN5O3Si.C25H24FN5O3/c1-20-17-35(19-33-20)25-14-11-22(16-27(25)38-5)28(34-32)24-8-7-15-36(29(24)37)26(18-39-40(6)30(2,3)4)21-9-12-23(31)13-10-21;1-16-13-30(15-28-16)21-10-7-18(12-23(21)34-2)24(29-27)20-4-3-11-31(25(20)33)22(14-32)17-5-8-19(26)9-6-17/h7-17,19,26,40H,18,32H2,1-6H3;3-13,15,22,32H,14,27H2,1-2H3/b34-28-;29-24+. The molecule has 0 bridgehead atoms. The normalized spacial score (nSPS) is 13.2. The number of hydrazone groups is 2. The van der Waals surface area contributed by atoms with E-state index in [4.69, 9.17) is 25.6 Å². The minimum Gasteiger partial charge on any atom is -0.495 e.